The summed E-state index contributed by atoms with van der Waals surface area (Å²) in [6, 6.07) is 82.2. The van der Waals surface area contributed by atoms with Gasteiger partial charge in [-0.2, -0.15) is 0 Å². The third-order valence-electron chi connectivity index (χ3n) is 16.1. The van der Waals surface area contributed by atoms with Crippen molar-refractivity contribution in [3.8, 4) is 11.4 Å². The molecule has 0 aliphatic rings. The minimum atomic E-state index is 0.0428. The number of aromatic nitrogens is 2. The summed E-state index contributed by atoms with van der Waals surface area (Å²) in [6.45, 7) is 27.4. The van der Waals surface area contributed by atoms with Crippen LogP contribution in [0, 0.1) is 0 Å². The van der Waals surface area contributed by atoms with Gasteiger partial charge in [-0.3, -0.25) is 0 Å². The van der Waals surface area contributed by atoms with Crippen molar-refractivity contribution in [2.24, 2.45) is 0 Å². The Morgan fingerprint density at radius 3 is 0.782 bits per heavy atom. The molecule has 388 valence electrons. The molecule has 0 aliphatic heterocycles. The lowest BCUT2D eigenvalue weighted by Crippen LogP contribution is -2.14. The fraction of sp³-hybridized carbons (Fsp3) is 0.216. The van der Waals surface area contributed by atoms with E-state index in [1.54, 1.807) is 0 Å². The van der Waals surface area contributed by atoms with Crippen molar-refractivity contribution in [2.45, 2.75) is 105 Å². The molecule has 10 aromatic carbocycles. The smallest absolute Gasteiger partial charge is 0.0547 e. The maximum atomic E-state index is 2.45. The first kappa shape index (κ1) is 50.5. The molecule has 0 amide bonds. The molecule has 12 rings (SSSR count). The van der Waals surface area contributed by atoms with Crippen molar-refractivity contribution in [1.82, 2.24) is 9.13 Å². The highest BCUT2D eigenvalue weighted by Crippen LogP contribution is 2.45. The Kier molecular flexibility index (Phi) is 12.1. The molecule has 12 aromatic rings. The summed E-state index contributed by atoms with van der Waals surface area (Å²) in [4.78, 5) is 4.84. The molecule has 0 spiro atoms. The second-order valence-electron chi connectivity index (χ2n) is 25.7. The number of para-hydroxylation sites is 2. The van der Waals surface area contributed by atoms with E-state index >= 15 is 0 Å². The molecule has 0 saturated carbocycles. The van der Waals surface area contributed by atoms with Crippen LogP contribution in [0.1, 0.15) is 105 Å². The molecule has 2 heterocycles. The monoisotopic (exact) mass is 1020 g/mol. The maximum absolute atomic E-state index is 2.45. The third kappa shape index (κ3) is 9.11. The normalized spacial score (nSPS) is 12.6. The van der Waals surface area contributed by atoms with E-state index in [1.165, 1.54) is 76.6 Å². The summed E-state index contributed by atoms with van der Waals surface area (Å²) in [5.41, 5.74) is 19.1. The Morgan fingerprint density at radius 1 is 0.244 bits per heavy atom. The average molecular weight is 1020 g/mol. The van der Waals surface area contributed by atoms with Crippen LogP contribution < -0.4 is 9.80 Å². The van der Waals surface area contributed by atoms with Crippen LogP contribution in [0.25, 0.3) is 65.8 Å². The molecule has 4 heteroatoms. The fourth-order valence-electron chi connectivity index (χ4n) is 11.6. The van der Waals surface area contributed by atoms with Gasteiger partial charge in [-0.05, 0) is 188 Å². The Labute approximate surface area is 461 Å². The summed E-state index contributed by atoms with van der Waals surface area (Å²) in [5.74, 6) is 0. The molecule has 0 bridgehead atoms. The molecule has 0 aliphatic carbocycles. The maximum Gasteiger partial charge on any atom is 0.0547 e. The highest BCUT2D eigenvalue weighted by Gasteiger charge is 2.24. The SMILES string of the molecule is CC(C)(C)c1ccc(N(c2ccc(C(C)(C)C)cc2)c2ccc3c(c2)c2cc4cc5c6cc(N(c7ccc(C(C)(C)C)cc7)c7ccc(C(C)(C)C)cc7)ccc6n(-c6ccccc6)c5cc4cc2n3-c2ccccc2)cc1. The lowest BCUT2D eigenvalue weighted by molar-refractivity contribution is 0.590. The van der Waals surface area contributed by atoms with Gasteiger partial charge in [0.25, 0.3) is 0 Å². The second-order valence-corrected chi connectivity index (χ2v) is 25.7. The standard InChI is InChI=1S/C74H72N4/c1-71(2,3)51-23-31-57(32-24-51)75(58-33-25-52(26-34-58)72(4,5)6)61-39-41-67-65(47-61)63-43-49-44-64-66-48-62(76(59-35-27-53(28-36-59)73(7,8)9)60-37-29-54(30-38-60)74(10,11)12)40-42-68(66)78(56-21-17-14-18-22-56)70(64)46-50(49)45-69(63)77(67)55-19-15-13-16-20-55/h13-48H,1-12H3. The van der Waals surface area contributed by atoms with E-state index in [4.69, 9.17) is 0 Å². The molecule has 0 atom stereocenters. The van der Waals surface area contributed by atoms with Crippen molar-refractivity contribution in [3.05, 3.63) is 241 Å². The molecule has 2 aromatic heterocycles. The van der Waals surface area contributed by atoms with Gasteiger partial charge in [-0.1, -0.05) is 168 Å². The van der Waals surface area contributed by atoms with Gasteiger partial charge in [-0.15, -0.1) is 0 Å². The van der Waals surface area contributed by atoms with Crippen molar-refractivity contribution in [1.29, 1.82) is 0 Å². The van der Waals surface area contributed by atoms with E-state index in [0.29, 0.717) is 0 Å². The molecular formula is C74H72N4. The lowest BCUT2D eigenvalue weighted by Gasteiger charge is -2.28. The van der Waals surface area contributed by atoms with E-state index in [9.17, 15) is 0 Å². The molecular weight excluding hydrogens is 945 g/mol. The van der Waals surface area contributed by atoms with Crippen molar-refractivity contribution < 1.29 is 0 Å². The Balaban J connectivity index is 1.09. The van der Waals surface area contributed by atoms with Gasteiger partial charge in [0.05, 0.1) is 22.1 Å². The van der Waals surface area contributed by atoms with Gasteiger partial charge in [0.1, 0.15) is 0 Å². The quantitative estimate of drug-likeness (QED) is 0.151. The zero-order valence-electron chi connectivity index (χ0n) is 47.6. The van der Waals surface area contributed by atoms with E-state index in [0.717, 1.165) is 45.5 Å². The van der Waals surface area contributed by atoms with Crippen molar-refractivity contribution in [2.75, 3.05) is 9.80 Å². The van der Waals surface area contributed by atoms with Crippen molar-refractivity contribution >= 4 is 88.5 Å². The number of benzene rings is 10. The lowest BCUT2D eigenvalue weighted by atomic mass is 9.86. The highest BCUT2D eigenvalue weighted by atomic mass is 15.1. The first-order valence-corrected chi connectivity index (χ1v) is 27.8. The number of rotatable bonds is 8. The fourth-order valence-corrected chi connectivity index (χ4v) is 11.6. The summed E-state index contributed by atoms with van der Waals surface area (Å²) >= 11 is 0. The van der Waals surface area contributed by atoms with Crippen molar-refractivity contribution in [3.63, 3.8) is 0 Å². The number of anilines is 6. The summed E-state index contributed by atoms with van der Waals surface area (Å²) in [6.07, 6.45) is 0. The first-order valence-electron chi connectivity index (χ1n) is 27.8. The highest BCUT2D eigenvalue weighted by molar-refractivity contribution is 6.19. The third-order valence-corrected chi connectivity index (χ3v) is 16.1. The van der Waals surface area contributed by atoms with Crippen LogP contribution >= 0.6 is 0 Å². The largest absolute Gasteiger partial charge is 0.310 e. The van der Waals surface area contributed by atoms with Gasteiger partial charge in [0.2, 0.25) is 0 Å². The number of nitrogens with zero attached hydrogens (tertiary/aromatic N) is 4. The van der Waals surface area contributed by atoms with Crippen LogP contribution in [0.3, 0.4) is 0 Å². The van der Waals surface area contributed by atoms with E-state index < -0.39 is 0 Å². The van der Waals surface area contributed by atoms with Crippen LogP contribution in [-0.4, -0.2) is 9.13 Å². The van der Waals surface area contributed by atoms with Gasteiger partial charge in [0.15, 0.2) is 0 Å². The molecule has 0 fully saturated rings. The van der Waals surface area contributed by atoms with E-state index in [2.05, 4.69) is 320 Å². The van der Waals surface area contributed by atoms with E-state index in [-0.39, 0.29) is 21.7 Å². The Morgan fingerprint density at radius 2 is 0.500 bits per heavy atom. The zero-order chi connectivity index (χ0) is 54.5. The number of fused-ring (bicyclic) bond motifs is 7. The van der Waals surface area contributed by atoms with Gasteiger partial charge < -0.3 is 18.9 Å². The summed E-state index contributed by atoms with van der Waals surface area (Å²) in [5, 5.41) is 7.22. The van der Waals surface area contributed by atoms with Crippen LogP contribution in [0.5, 0.6) is 0 Å². The predicted molar refractivity (Wildman–Crippen MR) is 337 cm³/mol. The van der Waals surface area contributed by atoms with E-state index in [1.807, 2.05) is 0 Å². The molecule has 4 nitrogen and oxygen atoms in total. The number of hydrogen-bond acceptors (Lipinski definition) is 2. The van der Waals surface area contributed by atoms with Crippen LogP contribution in [0.15, 0.2) is 218 Å². The summed E-state index contributed by atoms with van der Waals surface area (Å²) in [7, 11) is 0. The minimum absolute atomic E-state index is 0.0428. The second kappa shape index (κ2) is 18.7. The van der Waals surface area contributed by atoms with Gasteiger partial charge in [-0.25, -0.2) is 0 Å². The van der Waals surface area contributed by atoms with Gasteiger partial charge >= 0.3 is 0 Å². The zero-order valence-corrected chi connectivity index (χ0v) is 47.6. The molecule has 0 unspecified atom stereocenters. The molecule has 0 radical (unpaired) electrons. The molecule has 78 heavy (non-hydrogen) atoms. The van der Waals surface area contributed by atoms with Crippen LogP contribution in [0.2, 0.25) is 0 Å². The molecule has 0 N–H and O–H groups in total. The van der Waals surface area contributed by atoms with Crippen LogP contribution in [-0.2, 0) is 21.7 Å². The molecule has 0 saturated heterocycles. The minimum Gasteiger partial charge on any atom is -0.310 e. The van der Waals surface area contributed by atoms with Crippen LogP contribution in [0.4, 0.5) is 34.1 Å². The first-order chi connectivity index (χ1) is 37.2. The Bertz CT molecular complexity index is 3780. The Hall–Kier alpha value is -8.34. The average Bonchev–Trinajstić information content (AvgIpc) is 4.16. The topological polar surface area (TPSA) is 16.3 Å². The van der Waals surface area contributed by atoms with Gasteiger partial charge in [0, 0.05) is 67.0 Å². The number of hydrogen-bond donors (Lipinski definition) is 0. The summed E-state index contributed by atoms with van der Waals surface area (Å²) < 4.78 is 4.91. The predicted octanol–water partition coefficient (Wildman–Crippen LogP) is 21.2.